The first kappa shape index (κ1) is 15.0. The molecule has 0 saturated carbocycles. The highest BCUT2D eigenvalue weighted by molar-refractivity contribution is 5.67. The number of nitrogens with zero attached hydrogens (tertiary/aromatic N) is 4. The van der Waals surface area contributed by atoms with E-state index < -0.39 is 0 Å². The second-order valence-electron chi connectivity index (χ2n) is 6.21. The average molecular weight is 323 g/mol. The topological polar surface area (TPSA) is 54.6 Å². The van der Waals surface area contributed by atoms with E-state index in [-0.39, 0.29) is 5.56 Å². The van der Waals surface area contributed by atoms with Crippen LogP contribution in [0.1, 0.15) is 11.1 Å². The molecule has 3 heterocycles. The summed E-state index contributed by atoms with van der Waals surface area (Å²) < 4.78 is 3.35. The summed E-state index contributed by atoms with van der Waals surface area (Å²) in [6, 6.07) is 10.3. The van der Waals surface area contributed by atoms with Gasteiger partial charge in [0.05, 0.1) is 0 Å². The summed E-state index contributed by atoms with van der Waals surface area (Å²) in [6.45, 7) is 3.70. The predicted molar refractivity (Wildman–Crippen MR) is 94.8 cm³/mol. The zero-order chi connectivity index (χ0) is 16.5. The molecule has 24 heavy (non-hydrogen) atoms. The van der Waals surface area contributed by atoms with E-state index in [1.807, 2.05) is 24.4 Å². The van der Waals surface area contributed by atoms with Crippen molar-refractivity contribution in [3.63, 3.8) is 0 Å². The maximum atomic E-state index is 12.7. The number of fused-ring (bicyclic) bond motifs is 1. The number of hydrogen-bond donors (Lipinski definition) is 1. The van der Waals surface area contributed by atoms with Gasteiger partial charge in [0.15, 0.2) is 5.82 Å². The minimum atomic E-state index is -0.00249. The van der Waals surface area contributed by atoms with Crippen LogP contribution in [-0.4, -0.2) is 40.4 Å². The van der Waals surface area contributed by atoms with Crippen LogP contribution < -0.4 is 15.8 Å². The van der Waals surface area contributed by atoms with Crippen LogP contribution in [0.4, 0.5) is 5.82 Å². The second-order valence-corrected chi connectivity index (χ2v) is 6.21. The van der Waals surface area contributed by atoms with E-state index >= 15 is 0 Å². The maximum absolute atomic E-state index is 12.7. The molecule has 124 valence electrons. The van der Waals surface area contributed by atoms with Crippen molar-refractivity contribution in [2.45, 2.75) is 6.42 Å². The molecule has 1 fully saturated rings. The molecule has 0 spiro atoms. The first-order valence-corrected chi connectivity index (χ1v) is 8.30. The van der Waals surface area contributed by atoms with Crippen LogP contribution in [-0.2, 0) is 13.5 Å². The number of hydrogen-bond acceptors (Lipinski definition) is 4. The Kier molecular flexibility index (Phi) is 3.82. The lowest BCUT2D eigenvalue weighted by atomic mass is 10.1. The number of benzene rings is 1. The fourth-order valence-electron chi connectivity index (χ4n) is 3.28. The third kappa shape index (κ3) is 2.59. The highest BCUT2D eigenvalue weighted by atomic mass is 16.1. The van der Waals surface area contributed by atoms with Crippen molar-refractivity contribution in [2.75, 3.05) is 31.1 Å². The number of aromatic nitrogens is 3. The zero-order valence-electron chi connectivity index (χ0n) is 13.8. The lowest BCUT2D eigenvalue weighted by Crippen LogP contribution is -2.44. The quantitative estimate of drug-likeness (QED) is 0.782. The number of aryl methyl sites for hydroxylation is 1. The summed E-state index contributed by atoms with van der Waals surface area (Å²) in [4.78, 5) is 15.0. The molecular weight excluding hydrogens is 302 g/mol. The molecule has 3 aromatic rings. The van der Waals surface area contributed by atoms with Crippen molar-refractivity contribution < 1.29 is 0 Å². The van der Waals surface area contributed by atoms with Crippen LogP contribution in [0.15, 0.2) is 47.5 Å². The molecule has 0 bridgehead atoms. The summed E-state index contributed by atoms with van der Waals surface area (Å²) in [5.41, 5.74) is 2.88. The molecule has 1 aliphatic heterocycles. The predicted octanol–water partition coefficient (Wildman–Crippen LogP) is 1.03. The summed E-state index contributed by atoms with van der Waals surface area (Å²) in [5, 5.41) is 8.10. The van der Waals surface area contributed by atoms with E-state index in [2.05, 4.69) is 22.3 Å². The molecule has 0 atom stereocenters. The molecule has 0 amide bonds. The molecule has 0 unspecified atom stereocenters. The lowest BCUT2D eigenvalue weighted by molar-refractivity contribution is 0.582. The molecular formula is C18H21N5O. The zero-order valence-corrected chi connectivity index (χ0v) is 13.8. The Bertz CT molecular complexity index is 906. The SMILES string of the molecule is Cn1ccn2nc(N3CCNCC3)c(Cc3ccccc3)c2c1=O. The molecule has 2 aromatic heterocycles. The third-order valence-electron chi connectivity index (χ3n) is 4.58. The Labute approximate surface area is 140 Å². The van der Waals surface area contributed by atoms with Gasteiger partial charge in [0, 0.05) is 57.6 Å². The summed E-state index contributed by atoms with van der Waals surface area (Å²) in [7, 11) is 1.78. The minimum absolute atomic E-state index is 0.00249. The van der Waals surface area contributed by atoms with Gasteiger partial charge in [-0.25, -0.2) is 4.52 Å². The Hall–Kier alpha value is -2.60. The van der Waals surface area contributed by atoms with Gasteiger partial charge in [-0.3, -0.25) is 4.79 Å². The van der Waals surface area contributed by atoms with Crippen molar-refractivity contribution >= 4 is 11.3 Å². The molecule has 0 aliphatic carbocycles. The number of rotatable bonds is 3. The maximum Gasteiger partial charge on any atom is 0.276 e. The number of anilines is 1. The number of nitrogens with one attached hydrogen (secondary N) is 1. The smallest absolute Gasteiger partial charge is 0.276 e. The highest BCUT2D eigenvalue weighted by Gasteiger charge is 2.22. The molecule has 1 aromatic carbocycles. The first-order chi connectivity index (χ1) is 11.7. The van der Waals surface area contributed by atoms with E-state index in [1.165, 1.54) is 5.56 Å². The standard InChI is InChI=1S/C18H21N5O/c1-21-11-12-23-16(18(21)24)15(13-14-5-3-2-4-6-14)17(20-23)22-9-7-19-8-10-22/h2-6,11-12,19H,7-10,13H2,1H3. The van der Waals surface area contributed by atoms with Crippen LogP contribution in [0.2, 0.25) is 0 Å². The average Bonchev–Trinajstić information content (AvgIpc) is 2.99. The minimum Gasteiger partial charge on any atom is -0.352 e. The summed E-state index contributed by atoms with van der Waals surface area (Å²) in [6.07, 6.45) is 4.33. The van der Waals surface area contributed by atoms with Gasteiger partial charge in [-0.1, -0.05) is 30.3 Å². The van der Waals surface area contributed by atoms with Gasteiger partial charge < -0.3 is 14.8 Å². The fourth-order valence-corrected chi connectivity index (χ4v) is 3.28. The normalized spacial score (nSPS) is 15.1. The van der Waals surface area contributed by atoms with Gasteiger partial charge in [-0.05, 0) is 5.56 Å². The van der Waals surface area contributed by atoms with Gasteiger partial charge in [-0.2, -0.15) is 0 Å². The summed E-state index contributed by atoms with van der Waals surface area (Å²) in [5.74, 6) is 0.934. The van der Waals surface area contributed by atoms with E-state index in [4.69, 9.17) is 5.10 Å². The van der Waals surface area contributed by atoms with Gasteiger partial charge in [0.25, 0.3) is 5.56 Å². The van der Waals surface area contributed by atoms with Crippen LogP contribution >= 0.6 is 0 Å². The van der Waals surface area contributed by atoms with E-state index in [1.54, 1.807) is 22.3 Å². The Balaban J connectivity index is 1.89. The van der Waals surface area contributed by atoms with Crippen molar-refractivity contribution in [3.8, 4) is 0 Å². The monoisotopic (exact) mass is 323 g/mol. The molecule has 6 nitrogen and oxygen atoms in total. The van der Waals surface area contributed by atoms with Gasteiger partial charge in [-0.15, -0.1) is 5.10 Å². The highest BCUT2D eigenvalue weighted by Crippen LogP contribution is 2.25. The van der Waals surface area contributed by atoms with E-state index in [0.29, 0.717) is 11.9 Å². The van der Waals surface area contributed by atoms with Gasteiger partial charge >= 0.3 is 0 Å². The first-order valence-electron chi connectivity index (χ1n) is 8.30. The van der Waals surface area contributed by atoms with Crippen LogP contribution in [0.5, 0.6) is 0 Å². The molecule has 1 N–H and O–H groups in total. The molecule has 6 heteroatoms. The van der Waals surface area contributed by atoms with Crippen molar-refractivity contribution in [3.05, 3.63) is 64.2 Å². The third-order valence-corrected chi connectivity index (χ3v) is 4.58. The Morgan fingerprint density at radius 1 is 1.12 bits per heavy atom. The summed E-state index contributed by atoms with van der Waals surface area (Å²) >= 11 is 0. The molecule has 1 saturated heterocycles. The molecule has 0 radical (unpaired) electrons. The second kappa shape index (κ2) is 6.13. The van der Waals surface area contributed by atoms with Crippen LogP contribution in [0.25, 0.3) is 5.52 Å². The van der Waals surface area contributed by atoms with Gasteiger partial charge in [0.1, 0.15) is 5.52 Å². The Morgan fingerprint density at radius 3 is 2.62 bits per heavy atom. The van der Waals surface area contributed by atoms with Crippen molar-refractivity contribution in [1.82, 2.24) is 19.5 Å². The van der Waals surface area contributed by atoms with E-state index in [9.17, 15) is 4.79 Å². The fraction of sp³-hybridized carbons (Fsp3) is 0.333. The van der Waals surface area contributed by atoms with Gasteiger partial charge in [0.2, 0.25) is 0 Å². The Morgan fingerprint density at radius 2 is 1.88 bits per heavy atom. The van der Waals surface area contributed by atoms with Crippen LogP contribution in [0, 0.1) is 0 Å². The van der Waals surface area contributed by atoms with Crippen molar-refractivity contribution in [1.29, 1.82) is 0 Å². The van der Waals surface area contributed by atoms with E-state index in [0.717, 1.165) is 37.6 Å². The molecule has 1 aliphatic rings. The lowest BCUT2D eigenvalue weighted by Gasteiger charge is -2.28. The largest absolute Gasteiger partial charge is 0.352 e. The number of piperazine rings is 1. The van der Waals surface area contributed by atoms with Crippen LogP contribution in [0.3, 0.4) is 0 Å². The molecule has 4 rings (SSSR count). The van der Waals surface area contributed by atoms with Crippen molar-refractivity contribution in [2.24, 2.45) is 7.05 Å².